The van der Waals surface area contributed by atoms with E-state index in [4.69, 9.17) is 5.11 Å². The van der Waals surface area contributed by atoms with Gasteiger partial charge in [0.1, 0.15) is 5.71 Å². The van der Waals surface area contributed by atoms with Crippen LogP contribution in [0, 0.1) is 11.8 Å². The Kier molecular flexibility index (Phi) is 5.37. The van der Waals surface area contributed by atoms with Crippen LogP contribution >= 0.6 is 0 Å². The highest BCUT2D eigenvalue weighted by atomic mass is 16.4. The molecule has 0 bridgehead atoms. The number of nitrogens with zero attached hydrogens (tertiary/aromatic N) is 1. The summed E-state index contributed by atoms with van der Waals surface area (Å²) in [5.41, 5.74) is 0.0490. The van der Waals surface area contributed by atoms with Crippen molar-refractivity contribution in [3.05, 3.63) is 12.2 Å². The zero-order valence-electron chi connectivity index (χ0n) is 7.16. The fourth-order valence-electron chi connectivity index (χ4n) is 0.573. The van der Waals surface area contributed by atoms with E-state index in [0.29, 0.717) is 6.42 Å². The molecule has 0 aromatic carbocycles. The lowest BCUT2D eigenvalue weighted by Gasteiger charge is -1.88. The summed E-state index contributed by atoms with van der Waals surface area (Å²) in [7, 11) is 1.44. The second-order valence-corrected chi connectivity index (χ2v) is 1.95. The van der Waals surface area contributed by atoms with Crippen molar-refractivity contribution < 1.29 is 9.90 Å². The molecule has 0 spiro atoms. The van der Waals surface area contributed by atoms with E-state index in [-0.39, 0.29) is 5.71 Å². The van der Waals surface area contributed by atoms with Gasteiger partial charge in [0.05, 0.1) is 0 Å². The molecule has 0 amide bonds. The highest BCUT2D eigenvalue weighted by Gasteiger charge is 2.01. The molecular formula is C9H11NO2. The molecule has 1 N–H and O–H groups in total. The second-order valence-electron chi connectivity index (χ2n) is 1.95. The summed E-state index contributed by atoms with van der Waals surface area (Å²) in [6.07, 6.45) is 3.68. The molecule has 0 aliphatic heterocycles. The van der Waals surface area contributed by atoms with Crippen LogP contribution in [0.5, 0.6) is 0 Å². The molecular weight excluding hydrogens is 154 g/mol. The number of carboxylic acid groups (broad SMARTS) is 1. The number of hydrogen-bond acceptors (Lipinski definition) is 2. The Morgan fingerprint density at radius 1 is 1.67 bits per heavy atom. The predicted molar refractivity (Wildman–Crippen MR) is 48.2 cm³/mol. The van der Waals surface area contributed by atoms with Gasteiger partial charge in [-0.2, -0.15) is 0 Å². The normalized spacial score (nSPS) is 11.0. The van der Waals surface area contributed by atoms with Crippen LogP contribution in [0.3, 0.4) is 0 Å². The Labute approximate surface area is 71.8 Å². The van der Waals surface area contributed by atoms with Crippen molar-refractivity contribution in [3.63, 3.8) is 0 Å². The van der Waals surface area contributed by atoms with Gasteiger partial charge >= 0.3 is 5.97 Å². The van der Waals surface area contributed by atoms with Crippen LogP contribution in [0.15, 0.2) is 17.1 Å². The zero-order valence-corrected chi connectivity index (χ0v) is 7.16. The smallest absolute Gasteiger partial charge is 0.354 e. The summed E-state index contributed by atoms with van der Waals surface area (Å²) in [5.74, 6) is 4.47. The summed E-state index contributed by atoms with van der Waals surface area (Å²) in [6.45, 7) is 1.74. The minimum atomic E-state index is -1.02. The molecule has 3 heteroatoms. The van der Waals surface area contributed by atoms with E-state index in [1.807, 2.05) is 0 Å². The van der Waals surface area contributed by atoms with Crippen molar-refractivity contribution in [2.24, 2.45) is 4.99 Å². The summed E-state index contributed by atoms with van der Waals surface area (Å²) < 4.78 is 0. The van der Waals surface area contributed by atoms with Crippen molar-refractivity contribution in [3.8, 4) is 11.8 Å². The minimum absolute atomic E-state index is 0.0490. The number of carboxylic acids is 1. The molecule has 0 aliphatic rings. The molecule has 12 heavy (non-hydrogen) atoms. The number of hydrogen-bond donors (Lipinski definition) is 1. The van der Waals surface area contributed by atoms with Gasteiger partial charge in [0.15, 0.2) is 0 Å². The van der Waals surface area contributed by atoms with Gasteiger partial charge in [-0.05, 0) is 13.0 Å². The SMILES string of the molecule is CC#CC/C=C\C(=NC)C(=O)O. The van der Waals surface area contributed by atoms with E-state index < -0.39 is 5.97 Å². The zero-order chi connectivity index (χ0) is 9.40. The van der Waals surface area contributed by atoms with E-state index in [0.717, 1.165) is 0 Å². The van der Waals surface area contributed by atoms with E-state index in [2.05, 4.69) is 16.8 Å². The average Bonchev–Trinajstić information content (AvgIpc) is 2.04. The molecule has 0 fully saturated rings. The van der Waals surface area contributed by atoms with Crippen LogP contribution in [0.25, 0.3) is 0 Å². The third kappa shape index (κ3) is 4.29. The van der Waals surface area contributed by atoms with Crippen LogP contribution in [0.2, 0.25) is 0 Å². The molecule has 0 atom stereocenters. The van der Waals surface area contributed by atoms with E-state index in [1.54, 1.807) is 13.0 Å². The van der Waals surface area contributed by atoms with Gasteiger partial charge in [-0.25, -0.2) is 4.79 Å². The predicted octanol–water partition coefficient (Wildman–Crippen LogP) is 1.11. The van der Waals surface area contributed by atoms with Gasteiger partial charge in [0.2, 0.25) is 0 Å². The van der Waals surface area contributed by atoms with Crippen LogP contribution < -0.4 is 0 Å². The third-order valence-corrected chi connectivity index (χ3v) is 1.13. The van der Waals surface area contributed by atoms with Crippen molar-refractivity contribution in [1.82, 2.24) is 0 Å². The van der Waals surface area contributed by atoms with E-state index >= 15 is 0 Å². The minimum Gasteiger partial charge on any atom is -0.477 e. The molecule has 3 nitrogen and oxygen atoms in total. The molecule has 0 saturated carbocycles. The summed E-state index contributed by atoms with van der Waals surface area (Å²) in [6, 6.07) is 0. The topological polar surface area (TPSA) is 49.7 Å². The first-order chi connectivity index (χ1) is 5.72. The molecule has 64 valence electrons. The van der Waals surface area contributed by atoms with Gasteiger partial charge in [0.25, 0.3) is 0 Å². The van der Waals surface area contributed by atoms with Crippen molar-refractivity contribution in [2.75, 3.05) is 7.05 Å². The Balaban J connectivity index is 4.10. The molecule has 0 rings (SSSR count). The standard InChI is InChI=1S/C9H11NO2/c1-3-4-5-6-7-8(10-2)9(11)12/h6-7H,5H2,1-2H3,(H,11,12)/b7-6-,10-8?. The first kappa shape index (κ1) is 10.4. The van der Waals surface area contributed by atoms with Crippen molar-refractivity contribution in [2.45, 2.75) is 13.3 Å². The number of aliphatic carboxylic acids is 1. The second kappa shape index (κ2) is 6.17. The van der Waals surface area contributed by atoms with Crippen LogP contribution in [-0.4, -0.2) is 23.8 Å². The highest BCUT2D eigenvalue weighted by Crippen LogP contribution is 1.85. The maximum Gasteiger partial charge on any atom is 0.354 e. The Morgan fingerprint density at radius 3 is 2.75 bits per heavy atom. The number of aliphatic imine (C=N–C) groups is 1. The Bertz CT molecular complexity index is 266. The van der Waals surface area contributed by atoms with Crippen molar-refractivity contribution >= 4 is 11.7 Å². The monoisotopic (exact) mass is 165 g/mol. The lowest BCUT2D eigenvalue weighted by Crippen LogP contribution is -2.09. The molecule has 0 heterocycles. The van der Waals surface area contributed by atoms with Gasteiger partial charge in [-0.1, -0.05) is 12.0 Å². The molecule has 0 saturated heterocycles. The van der Waals surface area contributed by atoms with Crippen molar-refractivity contribution in [1.29, 1.82) is 0 Å². The van der Waals surface area contributed by atoms with Crippen LogP contribution in [-0.2, 0) is 4.79 Å². The summed E-state index contributed by atoms with van der Waals surface area (Å²) in [4.78, 5) is 13.9. The van der Waals surface area contributed by atoms with Gasteiger partial charge in [-0.3, -0.25) is 4.99 Å². The molecule has 0 radical (unpaired) electrons. The number of allylic oxidation sites excluding steroid dienone is 1. The Morgan fingerprint density at radius 2 is 2.33 bits per heavy atom. The average molecular weight is 165 g/mol. The number of rotatable bonds is 3. The largest absolute Gasteiger partial charge is 0.477 e. The number of carbonyl (C=O) groups is 1. The van der Waals surface area contributed by atoms with Gasteiger partial charge in [0, 0.05) is 13.5 Å². The highest BCUT2D eigenvalue weighted by molar-refractivity contribution is 6.40. The fraction of sp³-hybridized carbons (Fsp3) is 0.333. The fourth-order valence-corrected chi connectivity index (χ4v) is 0.573. The molecule has 0 aliphatic carbocycles. The summed E-state index contributed by atoms with van der Waals surface area (Å²) >= 11 is 0. The molecule has 0 unspecified atom stereocenters. The summed E-state index contributed by atoms with van der Waals surface area (Å²) in [5, 5.41) is 8.51. The first-order valence-corrected chi connectivity index (χ1v) is 3.48. The van der Waals surface area contributed by atoms with E-state index in [9.17, 15) is 4.79 Å². The third-order valence-electron chi connectivity index (χ3n) is 1.13. The maximum atomic E-state index is 10.4. The van der Waals surface area contributed by atoms with Crippen LogP contribution in [0.1, 0.15) is 13.3 Å². The lowest BCUT2D eigenvalue weighted by atomic mass is 10.3. The quantitative estimate of drug-likeness (QED) is 0.503. The lowest BCUT2D eigenvalue weighted by molar-refractivity contribution is -0.129. The Hall–Kier alpha value is -1.56. The van der Waals surface area contributed by atoms with Crippen LogP contribution in [0.4, 0.5) is 0 Å². The first-order valence-electron chi connectivity index (χ1n) is 3.48. The van der Waals surface area contributed by atoms with E-state index in [1.165, 1.54) is 13.1 Å². The molecule has 0 aromatic heterocycles. The van der Waals surface area contributed by atoms with Gasteiger partial charge < -0.3 is 5.11 Å². The van der Waals surface area contributed by atoms with Gasteiger partial charge in [-0.15, -0.1) is 5.92 Å². The molecule has 0 aromatic rings. The maximum absolute atomic E-state index is 10.4.